The predicted octanol–water partition coefficient (Wildman–Crippen LogP) is -0.303. The smallest absolute Gasteiger partial charge is 0.197 e. The first-order chi connectivity index (χ1) is 7.11. The topological polar surface area (TPSA) is 107 Å². The minimum absolute atomic E-state index is 0.113. The van der Waals surface area contributed by atoms with Crippen molar-refractivity contribution in [3.05, 3.63) is 24.0 Å². The van der Waals surface area contributed by atoms with Crippen LogP contribution in [-0.4, -0.2) is 35.4 Å². The zero-order valence-electron chi connectivity index (χ0n) is 8.70. The van der Waals surface area contributed by atoms with Gasteiger partial charge in [-0.2, -0.15) is 0 Å². The molecule has 0 radical (unpaired) electrons. The molecule has 0 aromatic carbocycles. The molecule has 1 aromatic rings. The molecule has 0 spiro atoms. The highest BCUT2D eigenvalue weighted by Crippen LogP contribution is 1.97. The van der Waals surface area contributed by atoms with Crippen LogP contribution in [0.5, 0.6) is 0 Å². The van der Waals surface area contributed by atoms with E-state index >= 15 is 0 Å². The van der Waals surface area contributed by atoms with Crippen molar-refractivity contribution in [2.24, 2.45) is 16.5 Å². The first-order valence-electron chi connectivity index (χ1n) is 4.60. The molecule has 1 rings (SSSR count). The molecule has 0 saturated carbocycles. The Morgan fingerprint density at radius 2 is 2.33 bits per heavy atom. The summed E-state index contributed by atoms with van der Waals surface area (Å²) in [6, 6.07) is 1.99. The first-order valence-corrected chi connectivity index (χ1v) is 4.60. The van der Waals surface area contributed by atoms with E-state index < -0.39 is 0 Å². The molecule has 6 heteroatoms. The second kappa shape index (κ2) is 5.04. The highest BCUT2D eigenvalue weighted by atomic mass is 15.3. The average Bonchev–Trinajstić information content (AvgIpc) is 2.69. The standard InChI is InChI=1S/C9H16N6/c1-15(8(10)11)9(12)14-5-3-7-2-4-13-6-7/h2,4,6,13H,3,5H2,1H3,(H3,10,11)(H2,12,14). The number of hydrogen-bond acceptors (Lipinski definition) is 2. The van der Waals surface area contributed by atoms with Gasteiger partial charge in [-0.15, -0.1) is 0 Å². The van der Waals surface area contributed by atoms with Gasteiger partial charge in [-0.05, 0) is 18.1 Å². The molecule has 0 atom stereocenters. The van der Waals surface area contributed by atoms with Crippen LogP contribution in [-0.2, 0) is 6.42 Å². The SMILES string of the molecule is CN(C(=N)N)C(N)=NCCc1cc[nH]c1. The summed E-state index contributed by atoms with van der Waals surface area (Å²) in [4.78, 5) is 8.40. The quantitative estimate of drug-likeness (QED) is 0.404. The van der Waals surface area contributed by atoms with Gasteiger partial charge in [-0.3, -0.25) is 15.3 Å². The van der Waals surface area contributed by atoms with Gasteiger partial charge >= 0.3 is 0 Å². The van der Waals surface area contributed by atoms with Crippen molar-refractivity contribution in [2.45, 2.75) is 6.42 Å². The Morgan fingerprint density at radius 3 is 2.87 bits per heavy atom. The lowest BCUT2D eigenvalue weighted by atomic mass is 10.2. The molecule has 15 heavy (non-hydrogen) atoms. The summed E-state index contributed by atoms with van der Waals surface area (Å²) in [5, 5.41) is 7.14. The number of rotatable bonds is 3. The van der Waals surface area contributed by atoms with Crippen molar-refractivity contribution in [3.63, 3.8) is 0 Å². The number of guanidine groups is 2. The van der Waals surface area contributed by atoms with Crippen LogP contribution in [0.25, 0.3) is 0 Å². The molecule has 6 nitrogen and oxygen atoms in total. The third kappa shape index (κ3) is 3.34. The molecule has 1 heterocycles. The van der Waals surface area contributed by atoms with Crippen LogP contribution in [0.2, 0.25) is 0 Å². The molecule has 82 valence electrons. The van der Waals surface area contributed by atoms with E-state index in [1.54, 1.807) is 7.05 Å². The molecular weight excluding hydrogens is 192 g/mol. The fourth-order valence-corrected chi connectivity index (χ4v) is 1.04. The molecule has 0 aliphatic rings. The van der Waals surface area contributed by atoms with Crippen LogP contribution in [0.1, 0.15) is 5.56 Å². The lowest BCUT2D eigenvalue weighted by molar-refractivity contribution is 0.714. The molecule has 0 amide bonds. The zero-order valence-corrected chi connectivity index (χ0v) is 8.70. The second-order valence-corrected chi connectivity index (χ2v) is 3.15. The number of nitrogens with one attached hydrogen (secondary N) is 2. The maximum absolute atomic E-state index is 7.14. The van der Waals surface area contributed by atoms with Crippen molar-refractivity contribution >= 4 is 11.9 Å². The average molecular weight is 208 g/mol. The van der Waals surface area contributed by atoms with Gasteiger partial charge in [0.15, 0.2) is 11.9 Å². The van der Waals surface area contributed by atoms with Gasteiger partial charge in [0.2, 0.25) is 0 Å². The van der Waals surface area contributed by atoms with Crippen LogP contribution in [0.3, 0.4) is 0 Å². The molecule has 6 N–H and O–H groups in total. The fourth-order valence-electron chi connectivity index (χ4n) is 1.04. The number of aromatic amines is 1. The summed E-state index contributed by atoms with van der Waals surface area (Å²) in [5.74, 6) is 0.149. The van der Waals surface area contributed by atoms with Gasteiger partial charge in [0.05, 0.1) is 0 Å². The Bertz CT molecular complexity index is 339. The van der Waals surface area contributed by atoms with Crippen LogP contribution in [0.4, 0.5) is 0 Å². The molecule has 0 unspecified atom stereocenters. The summed E-state index contributed by atoms with van der Waals surface area (Å²) in [6.45, 7) is 0.585. The predicted molar refractivity (Wildman–Crippen MR) is 60.7 cm³/mol. The molecule has 0 aliphatic carbocycles. The zero-order chi connectivity index (χ0) is 11.3. The molecule has 0 saturated heterocycles. The Labute approximate surface area is 88.5 Å². The minimum Gasteiger partial charge on any atom is -0.370 e. The maximum atomic E-state index is 7.14. The van der Waals surface area contributed by atoms with E-state index in [1.807, 2.05) is 18.5 Å². The summed E-state index contributed by atoms with van der Waals surface area (Å²) in [5.41, 5.74) is 12.0. The minimum atomic E-state index is -0.113. The van der Waals surface area contributed by atoms with Crippen molar-refractivity contribution in [2.75, 3.05) is 13.6 Å². The number of hydrogen-bond donors (Lipinski definition) is 4. The van der Waals surface area contributed by atoms with Gasteiger partial charge in [0.25, 0.3) is 0 Å². The monoisotopic (exact) mass is 208 g/mol. The van der Waals surface area contributed by atoms with E-state index in [0.29, 0.717) is 6.54 Å². The van der Waals surface area contributed by atoms with Gasteiger partial charge in [0, 0.05) is 26.0 Å². The van der Waals surface area contributed by atoms with Gasteiger partial charge in [-0.1, -0.05) is 0 Å². The summed E-state index contributed by atoms with van der Waals surface area (Å²) in [6.07, 6.45) is 4.60. The van der Waals surface area contributed by atoms with Crippen molar-refractivity contribution in [1.29, 1.82) is 5.41 Å². The Balaban J connectivity index is 2.41. The molecule has 0 fully saturated rings. The summed E-state index contributed by atoms with van der Waals surface area (Å²) in [7, 11) is 1.61. The Morgan fingerprint density at radius 1 is 1.60 bits per heavy atom. The normalized spacial score (nSPS) is 11.4. The van der Waals surface area contributed by atoms with Gasteiger partial charge in [0.1, 0.15) is 0 Å². The van der Waals surface area contributed by atoms with Crippen molar-refractivity contribution in [1.82, 2.24) is 9.88 Å². The molecule has 0 aliphatic heterocycles. The van der Waals surface area contributed by atoms with Crippen LogP contribution < -0.4 is 11.5 Å². The van der Waals surface area contributed by atoms with Crippen molar-refractivity contribution in [3.8, 4) is 0 Å². The molecular formula is C9H16N6. The van der Waals surface area contributed by atoms with Crippen LogP contribution in [0, 0.1) is 5.41 Å². The highest BCUT2D eigenvalue weighted by Gasteiger charge is 2.03. The van der Waals surface area contributed by atoms with E-state index in [2.05, 4.69) is 9.98 Å². The fraction of sp³-hybridized carbons (Fsp3) is 0.333. The Hall–Kier alpha value is -1.98. The second-order valence-electron chi connectivity index (χ2n) is 3.15. The number of H-pyrrole nitrogens is 1. The number of nitrogens with zero attached hydrogens (tertiary/aromatic N) is 2. The van der Waals surface area contributed by atoms with E-state index in [-0.39, 0.29) is 11.9 Å². The van der Waals surface area contributed by atoms with Crippen molar-refractivity contribution < 1.29 is 0 Å². The van der Waals surface area contributed by atoms with Crippen LogP contribution >= 0.6 is 0 Å². The Kier molecular flexibility index (Phi) is 3.73. The summed E-state index contributed by atoms with van der Waals surface area (Å²) >= 11 is 0. The number of aliphatic imine (C=N–C) groups is 1. The van der Waals surface area contributed by atoms with Gasteiger partial charge in [-0.25, -0.2) is 0 Å². The van der Waals surface area contributed by atoms with E-state index in [4.69, 9.17) is 16.9 Å². The number of nitrogens with two attached hydrogens (primary N) is 2. The molecule has 0 bridgehead atoms. The third-order valence-corrected chi connectivity index (χ3v) is 2.04. The molecule has 1 aromatic heterocycles. The van der Waals surface area contributed by atoms with Crippen LogP contribution in [0.15, 0.2) is 23.5 Å². The van der Waals surface area contributed by atoms with E-state index in [0.717, 1.165) is 6.42 Å². The van der Waals surface area contributed by atoms with E-state index in [9.17, 15) is 0 Å². The third-order valence-electron chi connectivity index (χ3n) is 2.04. The highest BCUT2D eigenvalue weighted by molar-refractivity contribution is 5.95. The van der Waals surface area contributed by atoms with E-state index in [1.165, 1.54) is 10.5 Å². The lowest BCUT2D eigenvalue weighted by Gasteiger charge is -2.14. The lowest BCUT2D eigenvalue weighted by Crippen LogP contribution is -2.42. The maximum Gasteiger partial charge on any atom is 0.197 e. The summed E-state index contributed by atoms with van der Waals surface area (Å²) < 4.78 is 0. The van der Waals surface area contributed by atoms with Gasteiger partial charge < -0.3 is 16.5 Å². The number of aromatic nitrogens is 1. The largest absolute Gasteiger partial charge is 0.370 e. The first kappa shape index (κ1) is 11.1.